The first-order valence-corrected chi connectivity index (χ1v) is 8.81. The van der Waals surface area contributed by atoms with Crippen LogP contribution >= 0.6 is 0 Å². The van der Waals surface area contributed by atoms with Crippen LogP contribution < -0.4 is 5.56 Å². The number of carbonyl (C=O) groups is 2. The van der Waals surface area contributed by atoms with Crippen molar-refractivity contribution in [1.82, 2.24) is 9.47 Å². The average Bonchev–Trinajstić information content (AvgIpc) is 2.63. The third-order valence-electron chi connectivity index (χ3n) is 4.51. The monoisotopic (exact) mass is 370 g/mol. The highest BCUT2D eigenvalue weighted by molar-refractivity contribution is 5.94. The van der Waals surface area contributed by atoms with Gasteiger partial charge in [-0.3, -0.25) is 14.4 Å². The summed E-state index contributed by atoms with van der Waals surface area (Å²) in [5, 5.41) is 8.91. The van der Waals surface area contributed by atoms with Crippen LogP contribution in [0.25, 0.3) is 0 Å². The third-order valence-corrected chi connectivity index (χ3v) is 4.51. The first-order chi connectivity index (χ1) is 12.9. The number of aliphatic carboxylic acids is 1. The van der Waals surface area contributed by atoms with Crippen molar-refractivity contribution >= 4 is 11.9 Å². The maximum absolute atomic E-state index is 12.8. The summed E-state index contributed by atoms with van der Waals surface area (Å²) < 4.78 is 6.90. The van der Waals surface area contributed by atoms with Gasteiger partial charge >= 0.3 is 5.97 Å². The van der Waals surface area contributed by atoms with Crippen LogP contribution in [-0.4, -0.2) is 52.3 Å². The van der Waals surface area contributed by atoms with Gasteiger partial charge in [0, 0.05) is 19.3 Å². The third kappa shape index (κ3) is 4.62. The predicted octanol–water partition coefficient (Wildman–Crippen LogP) is 1.52. The summed E-state index contributed by atoms with van der Waals surface area (Å²) in [5.74, 6) is -1.37. The molecule has 7 heteroatoms. The summed E-state index contributed by atoms with van der Waals surface area (Å²) in [6.45, 7) is 3.12. The summed E-state index contributed by atoms with van der Waals surface area (Å²) in [6.07, 6.45) is 0.933. The van der Waals surface area contributed by atoms with Crippen molar-refractivity contribution in [3.8, 4) is 0 Å². The lowest BCUT2D eigenvalue weighted by Gasteiger charge is -2.32. The summed E-state index contributed by atoms with van der Waals surface area (Å²) in [5.41, 5.74) is 1.81. The molecule has 1 N–H and O–H groups in total. The lowest BCUT2D eigenvalue weighted by atomic mass is 10.1. The van der Waals surface area contributed by atoms with Crippen molar-refractivity contribution in [2.45, 2.75) is 26.0 Å². The Morgan fingerprint density at radius 1 is 1.26 bits per heavy atom. The number of carbonyl (C=O) groups excluding carboxylic acids is 1. The van der Waals surface area contributed by atoms with Gasteiger partial charge in [0.15, 0.2) is 0 Å². The van der Waals surface area contributed by atoms with Crippen LogP contribution in [0.1, 0.15) is 27.9 Å². The lowest BCUT2D eigenvalue weighted by Crippen LogP contribution is -2.47. The number of morpholine rings is 1. The molecule has 2 heterocycles. The number of amides is 1. The van der Waals surface area contributed by atoms with E-state index in [1.807, 2.05) is 31.2 Å². The van der Waals surface area contributed by atoms with Gasteiger partial charge in [-0.05, 0) is 24.6 Å². The Morgan fingerprint density at radius 3 is 2.81 bits per heavy atom. The molecule has 1 saturated heterocycles. The first-order valence-electron chi connectivity index (χ1n) is 8.81. The molecule has 3 rings (SSSR count). The molecule has 2 aromatic rings. The second kappa shape index (κ2) is 8.18. The van der Waals surface area contributed by atoms with Crippen LogP contribution in [0.15, 0.2) is 47.4 Å². The molecule has 0 aliphatic carbocycles. The van der Waals surface area contributed by atoms with Gasteiger partial charge in [0.05, 0.1) is 25.7 Å². The van der Waals surface area contributed by atoms with Gasteiger partial charge in [0.25, 0.3) is 11.5 Å². The number of carboxylic acids is 1. The van der Waals surface area contributed by atoms with Crippen molar-refractivity contribution in [3.05, 3.63) is 69.6 Å². The summed E-state index contributed by atoms with van der Waals surface area (Å²) in [6, 6.07) is 11.0. The number of hydrogen-bond acceptors (Lipinski definition) is 4. The first kappa shape index (κ1) is 18.8. The fourth-order valence-electron chi connectivity index (χ4n) is 3.22. The molecule has 0 bridgehead atoms. The number of pyridine rings is 1. The van der Waals surface area contributed by atoms with E-state index in [2.05, 4.69) is 0 Å². The molecule has 1 aliphatic rings. The minimum Gasteiger partial charge on any atom is -0.481 e. The summed E-state index contributed by atoms with van der Waals surface area (Å²) >= 11 is 0. The minimum atomic E-state index is -0.977. The van der Waals surface area contributed by atoms with Crippen molar-refractivity contribution in [3.63, 3.8) is 0 Å². The zero-order chi connectivity index (χ0) is 19.4. The van der Waals surface area contributed by atoms with E-state index in [0.29, 0.717) is 13.1 Å². The molecule has 1 atom stereocenters. The zero-order valence-corrected chi connectivity index (χ0v) is 15.1. The van der Waals surface area contributed by atoms with Gasteiger partial charge in [-0.15, -0.1) is 0 Å². The standard InChI is InChI=1S/C20H22N2O5/c1-14-4-2-5-15(10-14)12-21-7-3-6-17(19(21)25)20(26)22-8-9-27-16(13-22)11-18(23)24/h2-7,10,16H,8-9,11-13H2,1H3,(H,23,24)/t16-/m1/s1. The van der Waals surface area contributed by atoms with Crippen molar-refractivity contribution < 1.29 is 19.4 Å². The van der Waals surface area contributed by atoms with E-state index in [1.54, 1.807) is 12.3 Å². The van der Waals surface area contributed by atoms with Crippen LogP contribution in [0.4, 0.5) is 0 Å². The molecule has 0 radical (unpaired) electrons. The van der Waals surface area contributed by atoms with Gasteiger partial charge in [0.1, 0.15) is 5.56 Å². The fourth-order valence-corrected chi connectivity index (χ4v) is 3.22. The molecular formula is C20H22N2O5. The molecule has 1 fully saturated rings. The normalized spacial score (nSPS) is 16.9. The molecule has 7 nitrogen and oxygen atoms in total. The molecular weight excluding hydrogens is 348 g/mol. The maximum Gasteiger partial charge on any atom is 0.306 e. The topological polar surface area (TPSA) is 88.8 Å². The van der Waals surface area contributed by atoms with E-state index in [0.717, 1.165) is 11.1 Å². The number of ether oxygens (including phenoxy) is 1. The zero-order valence-electron chi connectivity index (χ0n) is 15.1. The van der Waals surface area contributed by atoms with E-state index in [-0.39, 0.29) is 30.7 Å². The SMILES string of the molecule is Cc1cccc(Cn2cccc(C(=O)N3CCO[C@H](CC(=O)O)C3)c2=O)c1. The number of benzene rings is 1. The number of carboxylic acid groups (broad SMARTS) is 1. The maximum atomic E-state index is 12.8. The molecule has 142 valence electrons. The number of aromatic nitrogens is 1. The lowest BCUT2D eigenvalue weighted by molar-refractivity contribution is -0.141. The van der Waals surface area contributed by atoms with E-state index in [1.165, 1.54) is 15.5 Å². The Balaban J connectivity index is 1.79. The van der Waals surface area contributed by atoms with Crippen LogP contribution in [-0.2, 0) is 16.1 Å². The Labute approximate surface area is 156 Å². The van der Waals surface area contributed by atoms with Crippen molar-refractivity contribution in [2.75, 3.05) is 19.7 Å². The molecule has 1 aromatic carbocycles. The molecule has 0 unspecified atom stereocenters. The Hall–Kier alpha value is -2.93. The van der Waals surface area contributed by atoms with Gasteiger partial charge in [-0.2, -0.15) is 0 Å². The fraction of sp³-hybridized carbons (Fsp3) is 0.350. The Bertz CT molecular complexity index is 905. The Morgan fingerprint density at radius 2 is 2.07 bits per heavy atom. The number of hydrogen-bond donors (Lipinski definition) is 1. The summed E-state index contributed by atoms with van der Waals surface area (Å²) in [7, 11) is 0. The molecule has 0 spiro atoms. The van der Waals surface area contributed by atoms with Crippen LogP contribution in [0.3, 0.4) is 0 Å². The average molecular weight is 370 g/mol. The van der Waals surface area contributed by atoms with Gasteiger partial charge in [0.2, 0.25) is 0 Å². The van der Waals surface area contributed by atoms with Gasteiger partial charge in [-0.25, -0.2) is 0 Å². The highest BCUT2D eigenvalue weighted by Gasteiger charge is 2.28. The van der Waals surface area contributed by atoms with Crippen LogP contribution in [0.5, 0.6) is 0 Å². The number of rotatable bonds is 5. The van der Waals surface area contributed by atoms with Gasteiger partial charge < -0.3 is 19.3 Å². The number of aryl methyl sites for hydroxylation is 1. The van der Waals surface area contributed by atoms with Crippen molar-refractivity contribution in [1.29, 1.82) is 0 Å². The molecule has 0 saturated carbocycles. The predicted molar refractivity (Wildman–Crippen MR) is 98.9 cm³/mol. The van der Waals surface area contributed by atoms with E-state index >= 15 is 0 Å². The van der Waals surface area contributed by atoms with E-state index < -0.39 is 18.0 Å². The van der Waals surface area contributed by atoms with E-state index in [4.69, 9.17) is 9.84 Å². The quantitative estimate of drug-likeness (QED) is 0.862. The smallest absolute Gasteiger partial charge is 0.306 e. The van der Waals surface area contributed by atoms with Crippen molar-refractivity contribution in [2.24, 2.45) is 0 Å². The van der Waals surface area contributed by atoms with Crippen LogP contribution in [0, 0.1) is 6.92 Å². The molecule has 1 amide bonds. The number of nitrogens with zero attached hydrogens (tertiary/aromatic N) is 2. The van der Waals surface area contributed by atoms with Gasteiger partial charge in [-0.1, -0.05) is 29.8 Å². The van der Waals surface area contributed by atoms with Crippen LogP contribution in [0.2, 0.25) is 0 Å². The Kier molecular flexibility index (Phi) is 5.71. The molecule has 1 aromatic heterocycles. The second-order valence-electron chi connectivity index (χ2n) is 6.69. The second-order valence-corrected chi connectivity index (χ2v) is 6.69. The highest BCUT2D eigenvalue weighted by Crippen LogP contribution is 2.12. The minimum absolute atomic E-state index is 0.0844. The van der Waals surface area contributed by atoms with E-state index in [9.17, 15) is 14.4 Å². The summed E-state index contributed by atoms with van der Waals surface area (Å²) in [4.78, 5) is 38.0. The largest absolute Gasteiger partial charge is 0.481 e. The highest BCUT2D eigenvalue weighted by atomic mass is 16.5. The molecule has 27 heavy (non-hydrogen) atoms. The molecule has 1 aliphatic heterocycles.